The number of benzene rings is 4. The Bertz CT molecular complexity index is 4410. The number of carbonyl (C=O) groups excluding carboxylic acids is 9. The van der Waals surface area contributed by atoms with Gasteiger partial charge in [-0.05, 0) is 104 Å². The Labute approximate surface area is 616 Å². The predicted octanol–water partition coefficient (Wildman–Crippen LogP) is 8.48. The van der Waals surface area contributed by atoms with Gasteiger partial charge in [0.25, 0.3) is 47.8 Å². The minimum atomic E-state index is -2.39. The van der Waals surface area contributed by atoms with Crippen LogP contribution < -0.4 is 52.3 Å². The quantitative estimate of drug-likeness (QED) is 0.00378. The summed E-state index contributed by atoms with van der Waals surface area (Å²) in [5.41, 5.74) is 0.379. The van der Waals surface area contributed by atoms with Crippen LogP contribution >= 0.6 is 73.3 Å². The number of carboxylic acids is 1. The number of nitrogens with zero attached hydrogens (tertiary/aromatic N) is 5. The summed E-state index contributed by atoms with van der Waals surface area (Å²) in [7, 11) is 4.60. The van der Waals surface area contributed by atoms with Crippen molar-refractivity contribution >= 4 is 231 Å². The fraction of sp³-hybridized carbons (Fsp3) is 0.109. The zero-order valence-electron chi connectivity index (χ0n) is 52.2. The van der Waals surface area contributed by atoms with Crippen molar-refractivity contribution in [2.45, 2.75) is 38.9 Å². The molecule has 1 fully saturated rings. The van der Waals surface area contributed by atoms with Crippen molar-refractivity contribution in [3.8, 4) is 5.75 Å². The van der Waals surface area contributed by atoms with Gasteiger partial charge in [0.05, 0.1) is 43.3 Å². The lowest BCUT2D eigenvalue weighted by atomic mass is 9.79. The number of hydrogen-bond donors (Lipinski definition) is 9. The summed E-state index contributed by atoms with van der Waals surface area (Å²) in [5, 5.41) is 29.5. The van der Waals surface area contributed by atoms with E-state index in [0.717, 1.165) is 56.8 Å². The number of aromatic nitrogens is 5. The first-order chi connectivity index (χ1) is 48.9. The third-order valence-electron chi connectivity index (χ3n) is 12.5. The number of ether oxygens (including phenoxy) is 1. The van der Waals surface area contributed by atoms with Crippen LogP contribution in [0.3, 0.4) is 0 Å². The highest BCUT2D eigenvalue weighted by atomic mass is 127. The molecule has 4 aromatic carbocycles. The summed E-state index contributed by atoms with van der Waals surface area (Å²) in [6.07, 6.45) is 7.59. The minimum Gasteiger partial charge on any atom is -0.476 e. The number of carbonyl (C=O) groups is 10. The van der Waals surface area contributed by atoms with Gasteiger partial charge in [0, 0.05) is 8.04 Å². The second-order valence-corrected chi connectivity index (χ2v) is 23.3. The third-order valence-corrected chi connectivity index (χ3v) is 14.7. The maximum Gasteiger partial charge on any atom is 0.494 e. The fourth-order valence-corrected chi connectivity index (χ4v) is 8.41. The van der Waals surface area contributed by atoms with Gasteiger partial charge in [0.1, 0.15) is 62.2 Å². The van der Waals surface area contributed by atoms with Crippen LogP contribution in [0.25, 0.3) is 0 Å². The predicted molar refractivity (Wildman–Crippen MR) is 376 cm³/mol. The van der Waals surface area contributed by atoms with Gasteiger partial charge < -0.3 is 107 Å². The number of aromatic carboxylic acids is 1. The third kappa shape index (κ3) is 23.6. The van der Waals surface area contributed by atoms with Gasteiger partial charge in [-0.2, -0.15) is 33.7 Å². The molecule has 0 unspecified atom stereocenters. The van der Waals surface area contributed by atoms with Gasteiger partial charge in [0.2, 0.25) is 34.8 Å². The molecule has 0 saturated carbocycles. The second-order valence-electron chi connectivity index (χ2n) is 20.0. The molecule has 527 valence electrons. The molecule has 9 N–H and O–H groups in total. The minimum absolute atomic E-state index is 0.0225. The molecule has 1 aliphatic rings. The van der Waals surface area contributed by atoms with Gasteiger partial charge in [-0.3, -0.25) is 14.4 Å². The molecule has 32 nitrogen and oxygen atoms in total. The van der Waals surface area contributed by atoms with E-state index in [-0.39, 0.29) is 52.8 Å². The first-order valence-corrected chi connectivity index (χ1v) is 30.8. The number of rotatable bonds is 25. The lowest BCUT2D eigenvalue weighted by Crippen LogP contribution is -2.41. The molecule has 6 heterocycles. The van der Waals surface area contributed by atoms with Crippen LogP contribution in [-0.2, 0) is 33.3 Å². The zero-order valence-corrected chi connectivity index (χ0v) is 58.3. The summed E-state index contributed by atoms with van der Waals surface area (Å²) in [4.78, 5) is 127. The van der Waals surface area contributed by atoms with Gasteiger partial charge in [0.15, 0.2) is 28.5 Å². The van der Waals surface area contributed by atoms with Crippen molar-refractivity contribution in [3.63, 3.8) is 0 Å². The Morgan fingerprint density at radius 2 is 0.816 bits per heavy atom. The normalized spacial score (nSPS) is 11.9. The van der Waals surface area contributed by atoms with E-state index in [4.69, 9.17) is 62.5 Å². The molecule has 5 radical (unpaired) electrons. The van der Waals surface area contributed by atoms with Crippen LogP contribution in [0.5, 0.6) is 5.75 Å². The van der Waals surface area contributed by atoms with Crippen molar-refractivity contribution in [3.05, 3.63) is 167 Å². The number of halogens is 10. The monoisotopic (exact) mass is 1660 g/mol. The summed E-state index contributed by atoms with van der Waals surface area (Å²) in [6.45, 7) is 7.85. The van der Waals surface area contributed by atoms with Crippen LogP contribution in [0.1, 0.15) is 80.1 Å². The number of nitrogens with one attached hydrogen (secondary N) is 8. The molecular formula is C55H40B6BrCl3F5IN13O19. The van der Waals surface area contributed by atoms with Crippen LogP contribution in [0, 0.1) is 32.7 Å². The fourth-order valence-electron chi connectivity index (χ4n) is 7.06. The smallest absolute Gasteiger partial charge is 0.476 e. The number of carboxylic acid groups (broad SMARTS) is 1. The van der Waals surface area contributed by atoms with Crippen LogP contribution in [0.4, 0.5) is 69.1 Å². The Morgan fingerprint density at radius 1 is 0.495 bits per heavy atom. The van der Waals surface area contributed by atoms with Crippen molar-refractivity contribution in [1.29, 1.82) is 0 Å². The van der Waals surface area contributed by atoms with Gasteiger partial charge in [-0.15, -0.1) is 0 Å². The lowest BCUT2D eigenvalue weighted by molar-refractivity contribution is 0.00578. The number of anilines is 8. The molecule has 1 aliphatic heterocycles. The van der Waals surface area contributed by atoms with E-state index < -0.39 is 88.5 Å². The summed E-state index contributed by atoms with van der Waals surface area (Å²) >= 11 is 23.6. The Kier molecular flexibility index (Phi) is 30.6. The van der Waals surface area contributed by atoms with Gasteiger partial charge in [-0.25, -0.2) is 22.8 Å². The van der Waals surface area contributed by atoms with E-state index in [1.807, 2.05) is 33.8 Å². The number of amides is 3. The Balaban J connectivity index is 0.000000206. The highest BCUT2D eigenvalue weighted by Gasteiger charge is 2.52. The van der Waals surface area contributed by atoms with E-state index >= 15 is 0 Å². The topological polar surface area (TPSA) is 445 Å². The molecule has 5 aromatic heterocycles. The largest absolute Gasteiger partial charge is 0.494 e. The summed E-state index contributed by atoms with van der Waals surface area (Å²) in [6, 6.07) is 15.2. The van der Waals surface area contributed by atoms with E-state index in [1.165, 1.54) is 18.8 Å². The average Bonchev–Trinajstić information content (AvgIpc) is 1.64. The molecule has 103 heavy (non-hydrogen) atoms. The molecule has 10 rings (SSSR count). The lowest BCUT2D eigenvalue weighted by Gasteiger charge is -2.32. The molecular weight excluding hydrogens is 1620 g/mol. The van der Waals surface area contributed by atoms with Crippen LogP contribution in [-0.4, -0.2) is 146 Å². The first kappa shape index (κ1) is 81.6. The maximum absolute atomic E-state index is 13.4. The van der Waals surface area contributed by atoms with E-state index in [2.05, 4.69) is 119 Å². The van der Waals surface area contributed by atoms with Crippen molar-refractivity contribution in [2.75, 3.05) is 42.1 Å². The van der Waals surface area contributed by atoms with Crippen molar-refractivity contribution < 1.29 is 111 Å². The van der Waals surface area contributed by atoms with Gasteiger partial charge >= 0.3 is 56.1 Å². The van der Waals surface area contributed by atoms with Gasteiger partial charge in [-0.1, -0.05) is 56.8 Å². The van der Waals surface area contributed by atoms with Crippen molar-refractivity contribution in [1.82, 2.24) is 24.9 Å². The first-order valence-electron chi connectivity index (χ1n) is 27.8. The number of esters is 1. The Hall–Kier alpha value is -10.3. The number of hydrogen-bond acceptors (Lipinski definition) is 28. The summed E-state index contributed by atoms with van der Waals surface area (Å²) in [5.74, 6) is -17.5. The highest BCUT2D eigenvalue weighted by molar-refractivity contribution is 14.1. The molecule has 1 saturated heterocycles. The standard InChI is InChI=1S/C17H19B2ClN3O5.C11H7BBrClN3O3.C11H7BClIN3O3.C11H3BF5N2O4.C5H4BN2O4/c1-16(2)17(3,4)28-19(27-16)10-5-6-11(20)12(7-10)21-14(25)13-8-26-15(22-13)23-18-9-24;13-6-1-2-7(14)8(3-6)15-10(19)9-4-20-11(16-9)17-12-5-18;13-7-2-1-6(14)3-8(7)15-10(19)9-4-20-11(16-9)17-12-5-18;13-4-5(14)7(16)9(8(17)6(4)15)23-10(21)3-1-22-11(18-3)19-12-2-20;9-2-6-8-5-7-3(1-12-5)4(10)11/h5-9H,1-4H3,(H,21,25)(H,22,23);2*1-5H,(H,15,19)(H,16,17);1-2H,(H,18,19);1-2H,(H,7,8)(H,10,11). The molecule has 0 spiro atoms. The second kappa shape index (κ2) is 38.6. The molecule has 48 heteroatoms. The van der Waals surface area contributed by atoms with Crippen LogP contribution in [0.2, 0.25) is 15.1 Å². The molecule has 3 amide bonds. The van der Waals surface area contributed by atoms with E-state index in [1.54, 1.807) is 48.5 Å². The summed E-state index contributed by atoms with van der Waals surface area (Å²) < 4.78 is 108. The molecule has 0 atom stereocenters. The average molecular weight is 1660 g/mol. The van der Waals surface area contributed by atoms with E-state index in [0.29, 0.717) is 69.3 Å². The zero-order chi connectivity index (χ0) is 75.7. The number of oxazole rings is 5. The Morgan fingerprint density at radius 3 is 1.19 bits per heavy atom. The molecule has 0 aliphatic carbocycles. The van der Waals surface area contributed by atoms with Crippen LogP contribution in [0.15, 0.2) is 112 Å². The molecule has 9 aromatic rings. The SMILES string of the molecule is CC1(C)OB(c2ccc(Cl)c(NC(=O)c3coc(N[B]C=O)n3)c2)OC1(C)C.O=C[B]Nc1nc(C(=O)Nc2cc(Br)ccc2Cl)co1.O=C[B]Nc1nc(C(=O)Nc2cc(I)ccc2Cl)co1.O=C[B]Nc1nc(C(=O)O)co1.O=C[B]Nc1nc(C(=O)Oc2c(F)c(F)c(F)c(F)c2F)co1. The molecule has 0 bridgehead atoms. The maximum atomic E-state index is 13.4. The highest BCUT2D eigenvalue weighted by Crippen LogP contribution is 2.37. The van der Waals surface area contributed by atoms with E-state index in [9.17, 15) is 69.9 Å². The van der Waals surface area contributed by atoms with Crippen molar-refractivity contribution in [2.24, 2.45) is 0 Å².